The van der Waals surface area contributed by atoms with Crippen LogP contribution in [0.3, 0.4) is 0 Å². The van der Waals surface area contributed by atoms with Crippen molar-refractivity contribution in [1.29, 1.82) is 0 Å². The monoisotopic (exact) mass is 485 g/mol. The van der Waals surface area contributed by atoms with Crippen LogP contribution in [0.2, 0.25) is 0 Å². The number of alkyl carbamates (subject to hydrolysis) is 1. The summed E-state index contributed by atoms with van der Waals surface area (Å²) in [5, 5.41) is 2.49. The van der Waals surface area contributed by atoms with Crippen molar-refractivity contribution in [2.75, 3.05) is 13.7 Å². The lowest BCUT2D eigenvalue weighted by molar-refractivity contribution is -0.138. The summed E-state index contributed by atoms with van der Waals surface area (Å²) in [4.78, 5) is 34.0. The molecule has 3 rings (SSSR count). The second-order valence-electron chi connectivity index (χ2n) is 7.37. The molecule has 1 N–H and O–H groups in total. The Bertz CT molecular complexity index is 1230. The highest BCUT2D eigenvalue weighted by atomic mass is 16.6. The van der Waals surface area contributed by atoms with E-state index in [1.807, 2.05) is 60.7 Å². The van der Waals surface area contributed by atoms with Crippen molar-refractivity contribution >= 4 is 23.8 Å². The zero-order valence-corrected chi connectivity index (χ0v) is 20.1. The van der Waals surface area contributed by atoms with Crippen LogP contribution < -0.4 is 10.1 Å². The van der Waals surface area contributed by atoms with Crippen LogP contribution in [0.15, 0.2) is 101 Å². The first-order valence-electron chi connectivity index (χ1n) is 11.3. The maximum atomic E-state index is 12.9. The number of rotatable bonds is 10. The van der Waals surface area contributed by atoms with E-state index in [1.54, 1.807) is 38.3 Å². The van der Waals surface area contributed by atoms with Gasteiger partial charge in [0.15, 0.2) is 5.70 Å². The standard InChI is InChI=1S/C28H27N3O5/c1-3-35-27(32)26(31-28(33)36-19-22-12-8-5-9-13-22)25(23-14-16-24(34-2)17-15-23)30-20-29-18-21-10-6-4-7-11-21/h4-17H,3,18-19H2,1-2H3,(H,31,33)/b26-25-. The quantitative estimate of drug-likeness (QED) is 0.241. The molecule has 0 unspecified atom stereocenters. The molecule has 0 heterocycles. The average molecular weight is 486 g/mol. The summed E-state index contributed by atoms with van der Waals surface area (Å²) in [6.45, 7) is 2.15. The number of ether oxygens (including phenoxy) is 3. The van der Waals surface area contributed by atoms with Crippen molar-refractivity contribution in [3.05, 3.63) is 107 Å². The summed E-state index contributed by atoms with van der Waals surface area (Å²) >= 11 is 0. The molecule has 0 radical (unpaired) electrons. The van der Waals surface area contributed by atoms with E-state index in [4.69, 9.17) is 14.2 Å². The number of methoxy groups -OCH3 is 1. The number of esters is 1. The number of hydrogen-bond donors (Lipinski definition) is 1. The second-order valence-corrected chi connectivity index (χ2v) is 7.37. The largest absolute Gasteiger partial charge is 0.497 e. The first kappa shape index (κ1) is 25.9. The van der Waals surface area contributed by atoms with E-state index in [-0.39, 0.29) is 24.6 Å². The lowest BCUT2D eigenvalue weighted by Gasteiger charge is -2.13. The van der Waals surface area contributed by atoms with E-state index in [1.165, 1.54) is 0 Å². The Kier molecular flexibility index (Phi) is 10.0. The fraction of sp³-hybridized carbons (Fsp3) is 0.179. The Labute approximate surface area is 210 Å². The lowest BCUT2D eigenvalue weighted by Crippen LogP contribution is -2.30. The van der Waals surface area contributed by atoms with Crippen molar-refractivity contribution in [3.63, 3.8) is 0 Å². The molecule has 8 nitrogen and oxygen atoms in total. The van der Waals surface area contributed by atoms with Gasteiger partial charge in [0.1, 0.15) is 18.1 Å². The van der Waals surface area contributed by atoms with Gasteiger partial charge in [-0.1, -0.05) is 60.7 Å². The smallest absolute Gasteiger partial charge is 0.412 e. The van der Waals surface area contributed by atoms with Gasteiger partial charge in [0.2, 0.25) is 0 Å². The Hall–Kier alpha value is -4.68. The van der Waals surface area contributed by atoms with E-state index in [9.17, 15) is 9.59 Å². The summed E-state index contributed by atoms with van der Waals surface area (Å²) in [5.41, 5.74) is 2.22. The Morgan fingerprint density at radius 1 is 0.861 bits per heavy atom. The maximum Gasteiger partial charge on any atom is 0.412 e. The van der Waals surface area contributed by atoms with E-state index in [2.05, 4.69) is 21.3 Å². The van der Waals surface area contributed by atoms with Gasteiger partial charge in [-0.25, -0.2) is 14.6 Å². The highest BCUT2D eigenvalue weighted by Gasteiger charge is 2.22. The average Bonchev–Trinajstić information content (AvgIpc) is 2.92. The van der Waals surface area contributed by atoms with Gasteiger partial charge in [-0.2, -0.15) is 4.99 Å². The summed E-state index contributed by atoms with van der Waals surface area (Å²) < 4.78 is 15.7. The van der Waals surface area contributed by atoms with Crippen LogP contribution in [-0.4, -0.2) is 31.8 Å². The zero-order valence-electron chi connectivity index (χ0n) is 20.1. The maximum absolute atomic E-state index is 12.9. The molecule has 0 spiro atoms. The summed E-state index contributed by atoms with van der Waals surface area (Å²) in [7, 11) is 1.55. The minimum atomic E-state index is -0.829. The molecule has 3 aromatic rings. The number of nitrogens with one attached hydrogen (secondary N) is 1. The highest BCUT2D eigenvalue weighted by molar-refractivity contribution is 6.00. The van der Waals surface area contributed by atoms with Crippen LogP contribution in [0.1, 0.15) is 23.6 Å². The van der Waals surface area contributed by atoms with Crippen LogP contribution in [0.25, 0.3) is 5.70 Å². The van der Waals surface area contributed by atoms with Gasteiger partial charge in [0.05, 0.1) is 26.3 Å². The topological polar surface area (TPSA) is 98.6 Å². The van der Waals surface area contributed by atoms with E-state index in [0.29, 0.717) is 17.9 Å². The van der Waals surface area contributed by atoms with Crippen LogP contribution in [0.4, 0.5) is 4.79 Å². The van der Waals surface area contributed by atoms with E-state index in [0.717, 1.165) is 11.1 Å². The lowest BCUT2D eigenvalue weighted by atomic mass is 10.1. The van der Waals surface area contributed by atoms with E-state index < -0.39 is 12.1 Å². The molecular formula is C28H27N3O5. The number of benzene rings is 3. The Balaban J connectivity index is 1.94. The van der Waals surface area contributed by atoms with E-state index >= 15 is 0 Å². The summed E-state index contributed by atoms with van der Waals surface area (Å²) in [6, 6.07) is 28.2. The van der Waals surface area contributed by atoms with Gasteiger partial charge in [0, 0.05) is 5.56 Å². The molecule has 3 aromatic carbocycles. The molecule has 0 atom stereocenters. The Morgan fingerprint density at radius 2 is 1.50 bits per heavy atom. The number of aliphatic imine (C=N–C) groups is 2. The number of carbonyl (C=O) groups is 2. The van der Waals surface area contributed by atoms with Crippen molar-refractivity contribution in [1.82, 2.24) is 5.32 Å². The molecule has 0 aliphatic rings. The Morgan fingerprint density at radius 3 is 2.11 bits per heavy atom. The summed E-state index contributed by atoms with van der Waals surface area (Å²) in [5.74, 6) is -0.152. The van der Waals surface area contributed by atoms with Crippen molar-refractivity contribution < 1.29 is 23.8 Å². The van der Waals surface area contributed by atoms with Crippen LogP contribution in [0.5, 0.6) is 5.75 Å². The third kappa shape index (κ3) is 7.97. The fourth-order valence-corrected chi connectivity index (χ4v) is 3.08. The minimum Gasteiger partial charge on any atom is -0.497 e. The van der Waals surface area contributed by atoms with Crippen LogP contribution in [-0.2, 0) is 27.4 Å². The highest BCUT2D eigenvalue weighted by Crippen LogP contribution is 2.23. The fourth-order valence-electron chi connectivity index (χ4n) is 3.08. The van der Waals surface area contributed by atoms with Gasteiger partial charge in [-0.15, -0.1) is 0 Å². The third-order valence-electron chi connectivity index (χ3n) is 4.86. The molecule has 0 fully saturated rings. The minimum absolute atomic E-state index is 0.0302. The number of carbonyl (C=O) groups excluding carboxylic acids is 2. The first-order valence-corrected chi connectivity index (χ1v) is 11.3. The third-order valence-corrected chi connectivity index (χ3v) is 4.86. The molecule has 0 saturated heterocycles. The molecular weight excluding hydrogens is 458 g/mol. The van der Waals surface area contributed by atoms with Crippen molar-refractivity contribution in [3.8, 4) is 5.75 Å². The second kappa shape index (κ2) is 13.9. The molecule has 1 amide bonds. The number of nitrogens with zero attached hydrogens (tertiary/aromatic N) is 2. The van der Waals surface area contributed by atoms with Crippen LogP contribution >= 0.6 is 0 Å². The molecule has 0 bridgehead atoms. The summed E-state index contributed by atoms with van der Waals surface area (Å²) in [6.07, 6.45) is -0.829. The van der Waals surface area contributed by atoms with Gasteiger partial charge < -0.3 is 14.2 Å². The molecule has 0 saturated carbocycles. The molecule has 36 heavy (non-hydrogen) atoms. The molecule has 8 heteroatoms. The number of hydrogen-bond acceptors (Lipinski definition) is 7. The normalized spacial score (nSPS) is 10.8. The zero-order chi connectivity index (χ0) is 25.6. The van der Waals surface area contributed by atoms with Crippen LogP contribution in [0, 0.1) is 0 Å². The molecule has 0 aromatic heterocycles. The molecule has 0 aliphatic carbocycles. The number of amides is 1. The molecule has 184 valence electrons. The molecule has 0 aliphatic heterocycles. The van der Waals surface area contributed by atoms with Crippen molar-refractivity contribution in [2.45, 2.75) is 20.1 Å². The SMILES string of the molecule is CCOC(=O)/C(NC(=O)OCc1ccccc1)=C(/N=C=NCc1ccccc1)c1ccc(OC)cc1. The predicted octanol–water partition coefficient (Wildman–Crippen LogP) is 5.23. The van der Waals surface area contributed by atoms with Gasteiger partial charge in [-0.05, 0) is 42.3 Å². The first-order chi connectivity index (χ1) is 17.6. The van der Waals surface area contributed by atoms with Crippen molar-refractivity contribution in [2.24, 2.45) is 9.98 Å². The van der Waals surface area contributed by atoms with Gasteiger partial charge >= 0.3 is 12.1 Å². The van der Waals surface area contributed by atoms with Gasteiger partial charge in [-0.3, -0.25) is 5.32 Å². The predicted molar refractivity (Wildman–Crippen MR) is 136 cm³/mol. The van der Waals surface area contributed by atoms with Gasteiger partial charge in [0.25, 0.3) is 0 Å².